The average Bonchev–Trinajstić information content (AvgIpc) is 2.82. The van der Waals surface area contributed by atoms with E-state index in [1.165, 1.54) is 0 Å². The lowest BCUT2D eigenvalue weighted by atomic mass is 10.1. The normalized spacial score (nSPS) is 12.7. The molecule has 2 aromatic rings. The fourth-order valence-corrected chi connectivity index (χ4v) is 3.69. The molecule has 0 aromatic heterocycles. The van der Waals surface area contributed by atoms with Crippen LogP contribution in [0.2, 0.25) is 0 Å². The molecular formula is C25H32N2O5. The van der Waals surface area contributed by atoms with Gasteiger partial charge in [-0.25, -0.2) is 0 Å². The van der Waals surface area contributed by atoms with Gasteiger partial charge in [-0.1, -0.05) is 32.0 Å². The number of benzene rings is 2. The summed E-state index contributed by atoms with van der Waals surface area (Å²) in [5.74, 6) is 1.91. The summed E-state index contributed by atoms with van der Waals surface area (Å²) in [5.41, 5.74) is 1.69. The van der Waals surface area contributed by atoms with Crippen molar-refractivity contribution in [2.75, 3.05) is 38.3 Å². The average molecular weight is 441 g/mol. The molecule has 172 valence electrons. The number of hydrogen-bond donors (Lipinski definition) is 0. The van der Waals surface area contributed by atoms with Gasteiger partial charge >= 0.3 is 0 Å². The van der Waals surface area contributed by atoms with Crippen LogP contribution < -0.4 is 19.1 Å². The van der Waals surface area contributed by atoms with Gasteiger partial charge in [-0.05, 0) is 42.7 Å². The topological polar surface area (TPSA) is 68.3 Å². The van der Waals surface area contributed by atoms with Gasteiger partial charge in [-0.15, -0.1) is 0 Å². The Hall–Kier alpha value is -3.22. The van der Waals surface area contributed by atoms with Gasteiger partial charge in [0.05, 0.1) is 19.4 Å². The van der Waals surface area contributed by atoms with Crippen molar-refractivity contribution >= 4 is 17.5 Å². The van der Waals surface area contributed by atoms with Crippen LogP contribution >= 0.6 is 0 Å². The van der Waals surface area contributed by atoms with Gasteiger partial charge < -0.3 is 24.0 Å². The molecule has 0 radical (unpaired) electrons. The summed E-state index contributed by atoms with van der Waals surface area (Å²) in [6.45, 7) is 6.16. The molecule has 3 rings (SSSR count). The molecule has 1 aliphatic rings. The van der Waals surface area contributed by atoms with Gasteiger partial charge in [-0.3, -0.25) is 9.59 Å². The molecule has 0 saturated heterocycles. The Kier molecular flexibility index (Phi) is 8.36. The first kappa shape index (κ1) is 23.4. The van der Waals surface area contributed by atoms with Crippen molar-refractivity contribution in [1.82, 2.24) is 4.90 Å². The highest BCUT2D eigenvalue weighted by molar-refractivity contribution is 5.98. The van der Waals surface area contributed by atoms with Crippen LogP contribution in [-0.2, 0) is 16.1 Å². The largest absolute Gasteiger partial charge is 0.493 e. The number of carbonyl (C=O) groups excluding carboxylic acids is 2. The second-order valence-electron chi connectivity index (χ2n) is 7.70. The van der Waals surface area contributed by atoms with Crippen LogP contribution in [0.25, 0.3) is 0 Å². The highest BCUT2D eigenvalue weighted by Gasteiger charge is 2.26. The lowest BCUT2D eigenvalue weighted by molar-refractivity contribution is -0.131. The standard InChI is InChI=1S/C25H32N2O5/c1-4-13-26(17-19-10-11-22(31-15-5-2)23(16-19)30-3)24(28)12-14-27-20-8-6-7-9-21(20)32-18-25(27)29/h6-11,16H,4-5,12-15,17-18H2,1-3H3. The summed E-state index contributed by atoms with van der Waals surface area (Å²) >= 11 is 0. The Morgan fingerprint density at radius 2 is 1.94 bits per heavy atom. The number of hydrogen-bond acceptors (Lipinski definition) is 5. The van der Waals surface area contributed by atoms with E-state index in [0.717, 1.165) is 18.4 Å². The maximum Gasteiger partial charge on any atom is 0.265 e. The van der Waals surface area contributed by atoms with E-state index in [0.29, 0.717) is 49.2 Å². The fourth-order valence-electron chi connectivity index (χ4n) is 3.69. The second-order valence-corrected chi connectivity index (χ2v) is 7.70. The third-order valence-electron chi connectivity index (χ3n) is 5.27. The van der Waals surface area contributed by atoms with E-state index < -0.39 is 0 Å². The zero-order valence-electron chi connectivity index (χ0n) is 19.1. The molecule has 7 heteroatoms. The van der Waals surface area contributed by atoms with Gasteiger partial charge in [0.2, 0.25) is 5.91 Å². The van der Waals surface area contributed by atoms with E-state index >= 15 is 0 Å². The highest BCUT2D eigenvalue weighted by Crippen LogP contribution is 2.32. The van der Waals surface area contributed by atoms with Gasteiger partial charge in [-0.2, -0.15) is 0 Å². The smallest absolute Gasteiger partial charge is 0.265 e. The summed E-state index contributed by atoms with van der Waals surface area (Å²) in [4.78, 5) is 28.9. The van der Waals surface area contributed by atoms with E-state index in [1.807, 2.05) is 54.3 Å². The predicted octanol–water partition coefficient (Wildman–Crippen LogP) is 4.04. The zero-order chi connectivity index (χ0) is 22.9. The Balaban J connectivity index is 1.67. The molecule has 0 aliphatic carbocycles. The summed E-state index contributed by atoms with van der Waals surface area (Å²) in [6, 6.07) is 13.2. The molecule has 0 atom stereocenters. The first-order valence-electron chi connectivity index (χ1n) is 11.2. The van der Waals surface area contributed by atoms with E-state index in [-0.39, 0.29) is 24.8 Å². The summed E-state index contributed by atoms with van der Waals surface area (Å²) in [5, 5.41) is 0. The number of carbonyl (C=O) groups is 2. The second kappa shape index (κ2) is 11.4. The molecule has 0 saturated carbocycles. The monoisotopic (exact) mass is 440 g/mol. The molecular weight excluding hydrogens is 408 g/mol. The molecule has 1 heterocycles. The molecule has 0 spiro atoms. The minimum atomic E-state index is -0.133. The molecule has 0 N–H and O–H groups in total. The molecule has 32 heavy (non-hydrogen) atoms. The van der Waals surface area contributed by atoms with Gasteiger partial charge in [0.25, 0.3) is 5.91 Å². The molecule has 2 aromatic carbocycles. The van der Waals surface area contributed by atoms with Crippen LogP contribution in [0, 0.1) is 0 Å². The number of methoxy groups -OCH3 is 1. The third-order valence-corrected chi connectivity index (χ3v) is 5.27. The quantitative estimate of drug-likeness (QED) is 0.528. The van der Waals surface area contributed by atoms with Gasteiger partial charge in [0, 0.05) is 26.1 Å². The van der Waals surface area contributed by atoms with Crippen molar-refractivity contribution in [3.8, 4) is 17.2 Å². The van der Waals surface area contributed by atoms with Gasteiger partial charge in [0.1, 0.15) is 5.75 Å². The maximum atomic E-state index is 13.1. The maximum absolute atomic E-state index is 13.1. The lowest BCUT2D eigenvalue weighted by Crippen LogP contribution is -2.41. The van der Waals surface area contributed by atoms with E-state index in [4.69, 9.17) is 14.2 Å². The Morgan fingerprint density at radius 3 is 2.69 bits per heavy atom. The SMILES string of the molecule is CCCOc1ccc(CN(CCC)C(=O)CCN2C(=O)COc3ccccc32)cc1OC. The van der Waals surface area contributed by atoms with Crippen molar-refractivity contribution < 1.29 is 23.8 Å². The van der Waals surface area contributed by atoms with E-state index in [9.17, 15) is 9.59 Å². The van der Waals surface area contributed by atoms with E-state index in [1.54, 1.807) is 12.0 Å². The lowest BCUT2D eigenvalue weighted by Gasteiger charge is -2.30. The highest BCUT2D eigenvalue weighted by atomic mass is 16.5. The van der Waals surface area contributed by atoms with E-state index in [2.05, 4.69) is 6.92 Å². The summed E-state index contributed by atoms with van der Waals surface area (Å²) in [7, 11) is 1.62. The minimum absolute atomic E-state index is 0.00385. The Labute approximate surface area is 189 Å². The summed E-state index contributed by atoms with van der Waals surface area (Å²) < 4.78 is 16.7. The van der Waals surface area contributed by atoms with Crippen molar-refractivity contribution in [3.05, 3.63) is 48.0 Å². The molecule has 7 nitrogen and oxygen atoms in total. The number of ether oxygens (including phenoxy) is 3. The minimum Gasteiger partial charge on any atom is -0.493 e. The van der Waals surface area contributed by atoms with Gasteiger partial charge in [0.15, 0.2) is 18.1 Å². The van der Waals surface area contributed by atoms with Crippen LogP contribution in [0.15, 0.2) is 42.5 Å². The predicted molar refractivity (Wildman–Crippen MR) is 123 cm³/mol. The first-order chi connectivity index (χ1) is 15.6. The van der Waals surface area contributed by atoms with Crippen LogP contribution in [0.3, 0.4) is 0 Å². The van der Waals surface area contributed by atoms with Crippen LogP contribution in [0.4, 0.5) is 5.69 Å². The number of rotatable bonds is 11. The van der Waals surface area contributed by atoms with Crippen LogP contribution in [-0.4, -0.2) is 50.1 Å². The third kappa shape index (κ3) is 5.72. The Morgan fingerprint density at radius 1 is 1.12 bits per heavy atom. The number of fused-ring (bicyclic) bond motifs is 1. The molecule has 1 aliphatic heterocycles. The number of amides is 2. The van der Waals surface area contributed by atoms with Crippen LogP contribution in [0.1, 0.15) is 38.7 Å². The number of nitrogens with zero attached hydrogens (tertiary/aromatic N) is 2. The van der Waals surface area contributed by atoms with Crippen LogP contribution in [0.5, 0.6) is 17.2 Å². The number of para-hydroxylation sites is 2. The summed E-state index contributed by atoms with van der Waals surface area (Å²) in [6.07, 6.45) is 2.01. The van der Waals surface area contributed by atoms with Crippen molar-refractivity contribution in [2.24, 2.45) is 0 Å². The Bertz CT molecular complexity index is 930. The molecule has 0 fully saturated rings. The van der Waals surface area contributed by atoms with Crippen molar-refractivity contribution in [3.63, 3.8) is 0 Å². The molecule has 2 amide bonds. The first-order valence-corrected chi connectivity index (χ1v) is 11.2. The number of anilines is 1. The zero-order valence-corrected chi connectivity index (χ0v) is 19.1. The molecule has 0 unspecified atom stereocenters. The fraction of sp³-hybridized carbons (Fsp3) is 0.440. The molecule has 0 bridgehead atoms. The van der Waals surface area contributed by atoms with Crippen molar-refractivity contribution in [2.45, 2.75) is 39.7 Å². The van der Waals surface area contributed by atoms with Crippen molar-refractivity contribution in [1.29, 1.82) is 0 Å².